The van der Waals surface area contributed by atoms with Crippen molar-refractivity contribution in [2.24, 2.45) is 0 Å². The minimum Gasteiger partial charge on any atom is -0.497 e. The summed E-state index contributed by atoms with van der Waals surface area (Å²) in [4.78, 5) is 10.6. The Bertz CT molecular complexity index is 558. The van der Waals surface area contributed by atoms with Crippen molar-refractivity contribution in [3.05, 3.63) is 41.7 Å². The zero-order valence-corrected chi connectivity index (χ0v) is 12.0. The van der Waals surface area contributed by atoms with Crippen LogP contribution in [0.3, 0.4) is 0 Å². The van der Waals surface area contributed by atoms with Crippen molar-refractivity contribution in [1.82, 2.24) is 9.78 Å². The minimum atomic E-state index is 0.521. The molecule has 4 heteroatoms. The summed E-state index contributed by atoms with van der Waals surface area (Å²) in [6.07, 6.45) is 4.20. The highest BCUT2D eigenvalue weighted by Gasteiger charge is 2.09. The number of carbonyl (C=O) groups excluding carboxylic acids is 1. The summed E-state index contributed by atoms with van der Waals surface area (Å²) in [5.41, 5.74) is 3.14. The number of aryl methyl sites for hydroxylation is 2. The van der Waals surface area contributed by atoms with Gasteiger partial charge in [0.1, 0.15) is 12.0 Å². The maximum Gasteiger partial charge on any atom is 0.120 e. The Kier molecular flexibility index (Phi) is 4.93. The molecule has 1 aromatic heterocycles. The number of rotatable bonds is 7. The molecular formula is C16H20N2O2. The molecule has 0 saturated carbocycles. The first-order valence-corrected chi connectivity index (χ1v) is 6.94. The van der Waals surface area contributed by atoms with Crippen LogP contribution in [0.5, 0.6) is 5.75 Å². The second-order valence-electron chi connectivity index (χ2n) is 4.69. The second kappa shape index (κ2) is 6.89. The maximum atomic E-state index is 10.6. The number of carbonyl (C=O) groups is 1. The van der Waals surface area contributed by atoms with Crippen LogP contribution >= 0.6 is 0 Å². The quantitative estimate of drug-likeness (QED) is 0.728. The highest BCUT2D eigenvalue weighted by molar-refractivity contribution is 5.50. The first-order chi connectivity index (χ1) is 9.78. The van der Waals surface area contributed by atoms with Crippen molar-refractivity contribution >= 4 is 6.29 Å². The Labute approximate surface area is 119 Å². The SMILES string of the molecule is CCCc1cc(CCC=O)n(-c2ccc(OC)cc2)n1. The summed E-state index contributed by atoms with van der Waals surface area (Å²) in [6.45, 7) is 2.14. The number of methoxy groups -OCH3 is 1. The van der Waals surface area contributed by atoms with Crippen LogP contribution < -0.4 is 4.74 Å². The third-order valence-corrected chi connectivity index (χ3v) is 3.18. The fourth-order valence-corrected chi connectivity index (χ4v) is 2.19. The number of hydrogen-bond donors (Lipinski definition) is 0. The third kappa shape index (κ3) is 3.26. The van der Waals surface area contributed by atoms with Crippen LogP contribution in [0.4, 0.5) is 0 Å². The first-order valence-electron chi connectivity index (χ1n) is 6.94. The molecule has 106 valence electrons. The smallest absolute Gasteiger partial charge is 0.120 e. The minimum absolute atomic E-state index is 0.521. The maximum absolute atomic E-state index is 10.6. The number of aldehydes is 1. The van der Waals surface area contributed by atoms with Crippen molar-refractivity contribution in [2.75, 3.05) is 7.11 Å². The first kappa shape index (κ1) is 14.3. The molecule has 0 N–H and O–H groups in total. The van der Waals surface area contributed by atoms with Gasteiger partial charge in [0.2, 0.25) is 0 Å². The topological polar surface area (TPSA) is 44.1 Å². The Morgan fingerprint density at radius 1 is 1.25 bits per heavy atom. The highest BCUT2D eigenvalue weighted by atomic mass is 16.5. The number of nitrogens with zero attached hydrogens (tertiary/aromatic N) is 2. The van der Waals surface area contributed by atoms with E-state index in [1.165, 1.54) is 0 Å². The summed E-state index contributed by atoms with van der Waals surface area (Å²) in [6, 6.07) is 9.88. The van der Waals surface area contributed by atoms with E-state index in [-0.39, 0.29) is 0 Å². The molecular weight excluding hydrogens is 252 g/mol. The molecule has 0 amide bonds. The lowest BCUT2D eigenvalue weighted by molar-refractivity contribution is -0.107. The average molecular weight is 272 g/mol. The van der Waals surface area contributed by atoms with Gasteiger partial charge < -0.3 is 9.53 Å². The standard InChI is InChI=1S/C16H20N2O2/c1-3-5-13-12-15(6-4-11-19)18(17-13)14-7-9-16(20-2)10-8-14/h7-12H,3-6H2,1-2H3. The normalized spacial score (nSPS) is 10.5. The van der Waals surface area contributed by atoms with Gasteiger partial charge in [0.05, 0.1) is 18.5 Å². The van der Waals surface area contributed by atoms with E-state index in [0.29, 0.717) is 12.8 Å². The molecule has 1 heterocycles. The van der Waals surface area contributed by atoms with Gasteiger partial charge in [0.25, 0.3) is 0 Å². The Morgan fingerprint density at radius 2 is 2.00 bits per heavy atom. The van der Waals surface area contributed by atoms with E-state index in [9.17, 15) is 4.79 Å². The summed E-state index contributed by atoms with van der Waals surface area (Å²) in [7, 11) is 1.65. The number of ether oxygens (including phenoxy) is 1. The molecule has 0 aliphatic rings. The molecule has 2 aromatic rings. The molecule has 0 aliphatic carbocycles. The van der Waals surface area contributed by atoms with E-state index in [4.69, 9.17) is 4.74 Å². The van der Waals surface area contributed by atoms with Gasteiger partial charge in [0, 0.05) is 12.1 Å². The summed E-state index contributed by atoms with van der Waals surface area (Å²) < 4.78 is 7.09. The molecule has 0 saturated heterocycles. The van der Waals surface area contributed by atoms with Gasteiger partial charge in [-0.3, -0.25) is 0 Å². The molecule has 0 unspecified atom stereocenters. The van der Waals surface area contributed by atoms with E-state index in [2.05, 4.69) is 18.1 Å². The monoisotopic (exact) mass is 272 g/mol. The zero-order chi connectivity index (χ0) is 14.4. The molecule has 0 spiro atoms. The summed E-state index contributed by atoms with van der Waals surface area (Å²) >= 11 is 0. The van der Waals surface area contributed by atoms with Crippen LogP contribution in [0.25, 0.3) is 5.69 Å². The highest BCUT2D eigenvalue weighted by Crippen LogP contribution is 2.18. The largest absolute Gasteiger partial charge is 0.497 e. The van der Waals surface area contributed by atoms with Crippen molar-refractivity contribution in [1.29, 1.82) is 0 Å². The predicted octanol–water partition coefficient (Wildman–Crippen LogP) is 2.96. The summed E-state index contributed by atoms with van der Waals surface area (Å²) in [5.74, 6) is 0.823. The van der Waals surface area contributed by atoms with Crippen LogP contribution in [0.2, 0.25) is 0 Å². The van der Waals surface area contributed by atoms with Gasteiger partial charge in [-0.25, -0.2) is 4.68 Å². The van der Waals surface area contributed by atoms with E-state index < -0.39 is 0 Å². The molecule has 0 aliphatic heterocycles. The van der Waals surface area contributed by atoms with Crippen molar-refractivity contribution in [2.45, 2.75) is 32.6 Å². The summed E-state index contributed by atoms with van der Waals surface area (Å²) in [5, 5.41) is 4.64. The van der Waals surface area contributed by atoms with Crippen LogP contribution in [-0.4, -0.2) is 23.2 Å². The van der Waals surface area contributed by atoms with Gasteiger partial charge in [-0.1, -0.05) is 13.3 Å². The van der Waals surface area contributed by atoms with E-state index in [1.807, 2.05) is 28.9 Å². The average Bonchev–Trinajstić information content (AvgIpc) is 2.88. The van der Waals surface area contributed by atoms with Gasteiger partial charge in [-0.2, -0.15) is 5.10 Å². The van der Waals surface area contributed by atoms with E-state index in [1.54, 1.807) is 7.11 Å². The lowest BCUT2D eigenvalue weighted by atomic mass is 10.2. The van der Waals surface area contributed by atoms with Gasteiger partial charge in [-0.05, 0) is 43.2 Å². The third-order valence-electron chi connectivity index (χ3n) is 3.18. The number of benzene rings is 1. The molecule has 0 atom stereocenters. The fourth-order valence-electron chi connectivity index (χ4n) is 2.19. The number of aromatic nitrogens is 2. The lowest BCUT2D eigenvalue weighted by Crippen LogP contribution is -2.03. The Balaban J connectivity index is 2.33. The Morgan fingerprint density at radius 3 is 2.60 bits per heavy atom. The second-order valence-corrected chi connectivity index (χ2v) is 4.69. The molecule has 0 bridgehead atoms. The van der Waals surface area contributed by atoms with Crippen molar-refractivity contribution < 1.29 is 9.53 Å². The van der Waals surface area contributed by atoms with Crippen LogP contribution in [0.1, 0.15) is 31.2 Å². The van der Waals surface area contributed by atoms with E-state index in [0.717, 1.165) is 42.0 Å². The van der Waals surface area contributed by atoms with Crippen LogP contribution in [0, 0.1) is 0 Å². The van der Waals surface area contributed by atoms with Crippen molar-refractivity contribution in [3.8, 4) is 11.4 Å². The zero-order valence-electron chi connectivity index (χ0n) is 12.0. The van der Waals surface area contributed by atoms with Crippen molar-refractivity contribution in [3.63, 3.8) is 0 Å². The van der Waals surface area contributed by atoms with E-state index >= 15 is 0 Å². The Hall–Kier alpha value is -2.10. The van der Waals surface area contributed by atoms with Crippen LogP contribution in [0.15, 0.2) is 30.3 Å². The molecule has 4 nitrogen and oxygen atoms in total. The van der Waals surface area contributed by atoms with Gasteiger partial charge >= 0.3 is 0 Å². The molecule has 0 radical (unpaired) electrons. The molecule has 2 rings (SSSR count). The lowest BCUT2D eigenvalue weighted by Gasteiger charge is -2.07. The number of hydrogen-bond acceptors (Lipinski definition) is 3. The van der Waals surface area contributed by atoms with Gasteiger partial charge in [0.15, 0.2) is 0 Å². The van der Waals surface area contributed by atoms with Gasteiger partial charge in [-0.15, -0.1) is 0 Å². The molecule has 1 aromatic carbocycles. The predicted molar refractivity (Wildman–Crippen MR) is 78.5 cm³/mol. The fraction of sp³-hybridized carbons (Fsp3) is 0.375. The molecule has 0 fully saturated rings. The molecule has 20 heavy (non-hydrogen) atoms. The van der Waals surface area contributed by atoms with Crippen LogP contribution in [-0.2, 0) is 17.6 Å².